The molecule has 0 N–H and O–H groups in total. The molecular formula is C17H19NO7. The normalized spacial score (nSPS) is 17.2. The Bertz CT molecular complexity index is 678. The fourth-order valence-electron chi connectivity index (χ4n) is 2.08. The van der Waals surface area contributed by atoms with Crippen molar-refractivity contribution in [3.63, 3.8) is 0 Å². The number of imide groups is 1. The van der Waals surface area contributed by atoms with Gasteiger partial charge in [-0.05, 0) is 26.3 Å². The number of hydrogen-bond acceptors (Lipinski definition) is 7. The van der Waals surface area contributed by atoms with E-state index in [-0.39, 0.29) is 6.61 Å². The molecule has 1 atom stereocenters. The molecular weight excluding hydrogens is 330 g/mol. The quantitative estimate of drug-likeness (QED) is 0.467. The van der Waals surface area contributed by atoms with Crippen molar-refractivity contribution in [2.45, 2.75) is 45.4 Å². The molecule has 0 radical (unpaired) electrons. The maximum atomic E-state index is 12.1. The summed E-state index contributed by atoms with van der Waals surface area (Å²) < 4.78 is 14.6. The number of ether oxygens (including phenoxy) is 3. The summed E-state index contributed by atoms with van der Waals surface area (Å²) in [4.78, 5) is 48.0. The first-order valence-corrected chi connectivity index (χ1v) is 7.65. The Hall–Kier alpha value is -2.90. The van der Waals surface area contributed by atoms with Crippen molar-refractivity contribution in [1.82, 2.24) is 4.90 Å². The summed E-state index contributed by atoms with van der Waals surface area (Å²) in [6.45, 7) is 4.84. The number of benzene rings is 1. The van der Waals surface area contributed by atoms with Gasteiger partial charge >= 0.3 is 24.1 Å². The first-order valence-electron chi connectivity index (χ1n) is 7.65. The van der Waals surface area contributed by atoms with Gasteiger partial charge in [-0.1, -0.05) is 30.3 Å². The fraction of sp³-hybridized carbons (Fsp3) is 0.412. The van der Waals surface area contributed by atoms with Gasteiger partial charge in [0.05, 0.1) is 6.42 Å². The van der Waals surface area contributed by atoms with Crippen molar-refractivity contribution < 1.29 is 33.4 Å². The molecule has 2 rings (SSSR count). The van der Waals surface area contributed by atoms with Crippen molar-refractivity contribution in [1.29, 1.82) is 0 Å². The van der Waals surface area contributed by atoms with Crippen LogP contribution in [0.3, 0.4) is 0 Å². The summed E-state index contributed by atoms with van der Waals surface area (Å²) in [6.07, 6.45) is -2.72. The van der Waals surface area contributed by atoms with Crippen molar-refractivity contribution in [3.8, 4) is 0 Å². The van der Waals surface area contributed by atoms with Crippen molar-refractivity contribution in [2.24, 2.45) is 0 Å². The van der Waals surface area contributed by atoms with E-state index in [1.807, 2.05) is 6.07 Å². The molecule has 0 aromatic heterocycles. The molecule has 1 saturated heterocycles. The van der Waals surface area contributed by atoms with Gasteiger partial charge < -0.3 is 14.2 Å². The standard InChI is InChI=1S/C17H19NO7/c1-17(2,3)25-16(22)18-12(14(20)24-15(18)21)9-13(19)23-10-11-7-5-4-6-8-11/h4-8,12H,9-10H2,1-3H3/t12-/m1/s1. The smallest absolute Gasteiger partial charge is 0.427 e. The Morgan fingerprint density at radius 2 is 1.80 bits per heavy atom. The maximum Gasteiger partial charge on any atom is 0.427 e. The number of nitrogens with zero attached hydrogens (tertiary/aromatic N) is 1. The van der Waals surface area contributed by atoms with Gasteiger partial charge in [0.15, 0.2) is 6.04 Å². The van der Waals surface area contributed by atoms with Crippen LogP contribution in [-0.2, 0) is 30.4 Å². The van der Waals surface area contributed by atoms with Crippen LogP contribution in [0, 0.1) is 0 Å². The second kappa shape index (κ2) is 7.33. The lowest BCUT2D eigenvalue weighted by Gasteiger charge is -2.24. The Morgan fingerprint density at radius 1 is 1.16 bits per heavy atom. The van der Waals surface area contributed by atoms with Crippen LogP contribution in [0.2, 0.25) is 0 Å². The predicted molar refractivity (Wildman–Crippen MR) is 84.2 cm³/mol. The van der Waals surface area contributed by atoms with Crippen LogP contribution in [0.4, 0.5) is 9.59 Å². The second-order valence-corrected chi connectivity index (χ2v) is 6.40. The van der Waals surface area contributed by atoms with Gasteiger partial charge in [0.2, 0.25) is 0 Å². The number of hydrogen-bond donors (Lipinski definition) is 0. The highest BCUT2D eigenvalue weighted by molar-refractivity contribution is 6.05. The molecule has 0 aliphatic carbocycles. The van der Waals surface area contributed by atoms with Crippen LogP contribution in [0.1, 0.15) is 32.8 Å². The van der Waals surface area contributed by atoms with Crippen LogP contribution in [0.5, 0.6) is 0 Å². The van der Waals surface area contributed by atoms with E-state index >= 15 is 0 Å². The number of cyclic esters (lactones) is 2. The molecule has 0 saturated carbocycles. The molecule has 8 heteroatoms. The molecule has 8 nitrogen and oxygen atoms in total. The van der Waals surface area contributed by atoms with Gasteiger partial charge in [0, 0.05) is 0 Å². The summed E-state index contributed by atoms with van der Waals surface area (Å²) in [5.74, 6) is -1.73. The van der Waals surface area contributed by atoms with Gasteiger partial charge in [-0.3, -0.25) is 4.79 Å². The molecule has 2 amide bonds. The van der Waals surface area contributed by atoms with Gasteiger partial charge in [-0.15, -0.1) is 0 Å². The van der Waals surface area contributed by atoms with E-state index < -0.39 is 42.2 Å². The van der Waals surface area contributed by atoms with Gasteiger partial charge in [0.25, 0.3) is 0 Å². The third kappa shape index (κ3) is 5.03. The highest BCUT2D eigenvalue weighted by Crippen LogP contribution is 2.21. The Kier molecular flexibility index (Phi) is 5.41. The molecule has 1 aliphatic rings. The highest BCUT2D eigenvalue weighted by atomic mass is 16.6. The molecule has 1 aliphatic heterocycles. The summed E-state index contributed by atoms with van der Waals surface area (Å²) in [5.41, 5.74) is -0.105. The van der Waals surface area contributed by atoms with E-state index in [9.17, 15) is 19.2 Å². The van der Waals surface area contributed by atoms with Crippen LogP contribution in [0.15, 0.2) is 30.3 Å². The van der Waals surface area contributed by atoms with Crippen molar-refractivity contribution in [2.75, 3.05) is 0 Å². The first kappa shape index (κ1) is 18.4. The van der Waals surface area contributed by atoms with E-state index in [0.717, 1.165) is 5.56 Å². The van der Waals surface area contributed by atoms with E-state index in [1.165, 1.54) is 0 Å². The Morgan fingerprint density at radius 3 is 2.40 bits per heavy atom. The number of carbonyl (C=O) groups excluding carboxylic acids is 4. The van der Waals surface area contributed by atoms with Crippen LogP contribution < -0.4 is 0 Å². The fourth-order valence-corrected chi connectivity index (χ4v) is 2.08. The molecule has 0 unspecified atom stereocenters. The van der Waals surface area contributed by atoms with E-state index in [2.05, 4.69) is 4.74 Å². The lowest BCUT2D eigenvalue weighted by atomic mass is 10.2. The highest BCUT2D eigenvalue weighted by Gasteiger charge is 2.48. The predicted octanol–water partition coefficient (Wildman–Crippen LogP) is 2.40. The molecule has 0 bridgehead atoms. The summed E-state index contributed by atoms with van der Waals surface area (Å²) in [7, 11) is 0. The van der Waals surface area contributed by atoms with E-state index in [0.29, 0.717) is 4.90 Å². The maximum absolute atomic E-state index is 12.1. The minimum absolute atomic E-state index is 0.0157. The minimum atomic E-state index is -1.40. The zero-order chi connectivity index (χ0) is 18.6. The van der Waals surface area contributed by atoms with Crippen molar-refractivity contribution in [3.05, 3.63) is 35.9 Å². The molecule has 1 heterocycles. The Balaban J connectivity index is 1.99. The number of esters is 2. The zero-order valence-electron chi connectivity index (χ0n) is 14.2. The van der Waals surface area contributed by atoms with Gasteiger partial charge in [-0.2, -0.15) is 4.90 Å². The molecule has 1 fully saturated rings. The van der Waals surface area contributed by atoms with E-state index in [1.54, 1.807) is 45.0 Å². The monoisotopic (exact) mass is 349 g/mol. The summed E-state index contributed by atoms with van der Waals surface area (Å²) >= 11 is 0. The summed E-state index contributed by atoms with van der Waals surface area (Å²) in [5, 5.41) is 0. The first-order chi connectivity index (χ1) is 11.7. The SMILES string of the molecule is CC(C)(C)OC(=O)N1C(=O)OC(=O)[C@H]1CC(=O)OCc1ccccc1. The molecule has 25 heavy (non-hydrogen) atoms. The van der Waals surface area contributed by atoms with Gasteiger partial charge in [-0.25, -0.2) is 14.4 Å². The average molecular weight is 349 g/mol. The molecule has 1 aromatic carbocycles. The molecule has 1 aromatic rings. The number of amides is 2. The molecule has 134 valence electrons. The average Bonchev–Trinajstić information content (AvgIpc) is 2.78. The van der Waals surface area contributed by atoms with Gasteiger partial charge in [0.1, 0.15) is 12.2 Å². The topological polar surface area (TPSA) is 99.2 Å². The lowest BCUT2D eigenvalue weighted by molar-refractivity contribution is -0.149. The number of rotatable bonds is 4. The van der Waals surface area contributed by atoms with Crippen LogP contribution in [-0.4, -0.2) is 40.7 Å². The minimum Gasteiger partial charge on any atom is -0.461 e. The largest absolute Gasteiger partial charge is 0.461 e. The summed E-state index contributed by atoms with van der Waals surface area (Å²) in [6, 6.07) is 7.55. The second-order valence-electron chi connectivity index (χ2n) is 6.40. The number of carbonyl (C=O) groups is 4. The third-order valence-electron chi connectivity index (χ3n) is 3.16. The zero-order valence-corrected chi connectivity index (χ0v) is 14.2. The van der Waals surface area contributed by atoms with E-state index in [4.69, 9.17) is 9.47 Å². The van der Waals surface area contributed by atoms with Crippen molar-refractivity contribution >= 4 is 24.1 Å². The van der Waals surface area contributed by atoms with Crippen LogP contribution >= 0.6 is 0 Å². The third-order valence-corrected chi connectivity index (χ3v) is 3.16. The Labute approximate surface area is 144 Å². The molecule has 0 spiro atoms. The van der Waals surface area contributed by atoms with Crippen LogP contribution in [0.25, 0.3) is 0 Å². The lowest BCUT2D eigenvalue weighted by Crippen LogP contribution is -2.44.